The van der Waals surface area contributed by atoms with E-state index in [1.54, 1.807) is 24.3 Å². The molecule has 0 unspecified atom stereocenters. The summed E-state index contributed by atoms with van der Waals surface area (Å²) in [6.07, 6.45) is 0. The number of aliphatic hydroxyl groups is 1. The van der Waals surface area contributed by atoms with Gasteiger partial charge in [0.15, 0.2) is 0 Å². The van der Waals surface area contributed by atoms with Crippen LogP contribution >= 0.6 is 23.2 Å². The molecule has 2 nitrogen and oxygen atoms in total. The van der Waals surface area contributed by atoms with Crippen molar-refractivity contribution in [1.29, 1.82) is 0 Å². The van der Waals surface area contributed by atoms with E-state index in [-0.39, 0.29) is 13.2 Å². The van der Waals surface area contributed by atoms with Crippen molar-refractivity contribution in [2.45, 2.75) is 6.61 Å². The zero-order valence-electron chi connectivity index (χ0n) is 10.9. The zero-order valence-corrected chi connectivity index (χ0v) is 12.4. The summed E-state index contributed by atoms with van der Waals surface area (Å²) in [4.78, 5) is 0. The molecule has 0 aliphatic rings. The third-order valence-electron chi connectivity index (χ3n) is 2.56. The van der Waals surface area contributed by atoms with Crippen molar-refractivity contribution in [3.63, 3.8) is 0 Å². The first kappa shape index (κ1) is 15.7. The van der Waals surface area contributed by atoms with Gasteiger partial charge in [-0.25, -0.2) is 4.39 Å². The molecule has 0 bridgehead atoms. The largest absolute Gasteiger partial charge is 0.487 e. The molecule has 2 aromatic carbocycles. The normalized spacial score (nSPS) is 9.90. The van der Waals surface area contributed by atoms with Gasteiger partial charge in [-0.05, 0) is 35.9 Å². The van der Waals surface area contributed by atoms with E-state index in [1.807, 2.05) is 0 Å². The van der Waals surface area contributed by atoms with E-state index < -0.39 is 5.82 Å². The number of rotatable bonds is 3. The van der Waals surface area contributed by atoms with Crippen molar-refractivity contribution in [1.82, 2.24) is 0 Å². The molecule has 0 saturated heterocycles. The molecule has 1 N–H and O–H groups in total. The highest BCUT2D eigenvalue weighted by Gasteiger charge is 2.05. The van der Waals surface area contributed by atoms with Gasteiger partial charge in [-0.15, -0.1) is 0 Å². The molecular weight excluding hydrogens is 314 g/mol. The van der Waals surface area contributed by atoms with Crippen LogP contribution in [0.15, 0.2) is 36.4 Å². The number of aliphatic hydroxyl groups excluding tert-OH is 1. The number of halogens is 3. The van der Waals surface area contributed by atoms with Crippen LogP contribution in [0.5, 0.6) is 5.75 Å². The summed E-state index contributed by atoms with van der Waals surface area (Å²) in [6, 6.07) is 9.20. The molecule has 2 aromatic rings. The second-order valence-electron chi connectivity index (χ2n) is 4.17. The van der Waals surface area contributed by atoms with E-state index in [0.29, 0.717) is 26.9 Å². The smallest absolute Gasteiger partial charge is 0.139 e. The number of benzene rings is 2. The van der Waals surface area contributed by atoms with Crippen LogP contribution in [0.4, 0.5) is 4.39 Å². The Morgan fingerprint density at radius 2 is 1.95 bits per heavy atom. The summed E-state index contributed by atoms with van der Waals surface area (Å²) in [7, 11) is 0. The lowest BCUT2D eigenvalue weighted by Gasteiger charge is -2.09. The van der Waals surface area contributed by atoms with Crippen molar-refractivity contribution in [3.8, 4) is 17.6 Å². The predicted molar refractivity (Wildman–Crippen MR) is 81.2 cm³/mol. The first-order valence-corrected chi connectivity index (χ1v) is 6.81. The Hall–Kier alpha value is -1.73. The Kier molecular flexibility index (Phi) is 5.46. The summed E-state index contributed by atoms with van der Waals surface area (Å²) < 4.78 is 19.0. The van der Waals surface area contributed by atoms with Crippen LogP contribution in [0.25, 0.3) is 0 Å². The van der Waals surface area contributed by atoms with E-state index in [9.17, 15) is 4.39 Å². The van der Waals surface area contributed by atoms with Crippen molar-refractivity contribution in [2.24, 2.45) is 0 Å². The minimum absolute atomic E-state index is 0.131. The van der Waals surface area contributed by atoms with Gasteiger partial charge in [0.2, 0.25) is 0 Å². The highest BCUT2D eigenvalue weighted by atomic mass is 35.5. The third-order valence-corrected chi connectivity index (χ3v) is 3.10. The van der Waals surface area contributed by atoms with Crippen molar-refractivity contribution in [2.75, 3.05) is 6.61 Å². The molecule has 2 rings (SSSR count). The Bertz CT molecular complexity index is 705. The monoisotopic (exact) mass is 324 g/mol. The number of hydrogen-bond donors (Lipinski definition) is 1. The molecule has 0 atom stereocenters. The average molecular weight is 325 g/mol. The van der Waals surface area contributed by atoms with E-state index in [1.165, 1.54) is 12.1 Å². The molecule has 0 radical (unpaired) electrons. The molecule has 0 aliphatic carbocycles. The van der Waals surface area contributed by atoms with Gasteiger partial charge in [-0.3, -0.25) is 0 Å². The van der Waals surface area contributed by atoms with E-state index >= 15 is 0 Å². The van der Waals surface area contributed by atoms with Gasteiger partial charge in [-0.2, -0.15) is 0 Å². The maximum Gasteiger partial charge on any atom is 0.139 e. The molecule has 5 heteroatoms. The van der Waals surface area contributed by atoms with Gasteiger partial charge in [-0.1, -0.05) is 35.0 Å². The fraction of sp³-hybridized carbons (Fsp3) is 0.125. The van der Waals surface area contributed by atoms with Gasteiger partial charge in [0.1, 0.15) is 24.8 Å². The van der Waals surface area contributed by atoms with Crippen LogP contribution in [0.3, 0.4) is 0 Å². The SMILES string of the molecule is OCC#Cc1cc(F)cc(COc2cc(Cl)ccc2Cl)c1. The van der Waals surface area contributed by atoms with Crippen LogP contribution in [0.1, 0.15) is 11.1 Å². The Labute approximate surface area is 132 Å². The molecule has 0 spiro atoms. The maximum atomic E-state index is 13.5. The van der Waals surface area contributed by atoms with Gasteiger partial charge in [0, 0.05) is 16.7 Å². The Morgan fingerprint density at radius 3 is 2.71 bits per heavy atom. The van der Waals surface area contributed by atoms with Gasteiger partial charge >= 0.3 is 0 Å². The number of ether oxygens (including phenoxy) is 1. The molecular formula is C16H11Cl2FO2. The lowest BCUT2D eigenvalue weighted by Crippen LogP contribution is -1.97. The Balaban J connectivity index is 2.16. The molecule has 0 saturated carbocycles. The first-order chi connectivity index (χ1) is 10.1. The van der Waals surface area contributed by atoms with E-state index in [2.05, 4.69) is 11.8 Å². The molecule has 0 fully saturated rings. The maximum absolute atomic E-state index is 13.5. The molecule has 0 aliphatic heterocycles. The van der Waals surface area contributed by atoms with Gasteiger partial charge < -0.3 is 9.84 Å². The fourth-order valence-corrected chi connectivity index (χ4v) is 2.03. The summed E-state index contributed by atoms with van der Waals surface area (Å²) in [6.45, 7) is -0.147. The second kappa shape index (κ2) is 7.33. The topological polar surface area (TPSA) is 29.5 Å². The van der Waals surface area contributed by atoms with Crippen LogP contribution < -0.4 is 4.74 Å². The Morgan fingerprint density at radius 1 is 1.14 bits per heavy atom. The first-order valence-electron chi connectivity index (χ1n) is 6.05. The number of hydrogen-bond acceptors (Lipinski definition) is 2. The second-order valence-corrected chi connectivity index (χ2v) is 5.02. The minimum atomic E-state index is -0.421. The standard InChI is InChI=1S/C16H11Cl2FO2/c17-13-3-4-15(18)16(9-13)21-10-12-6-11(2-1-5-20)7-14(19)8-12/h3-4,6-9,20H,5,10H2. The lowest BCUT2D eigenvalue weighted by atomic mass is 10.1. The molecule has 0 amide bonds. The lowest BCUT2D eigenvalue weighted by molar-refractivity contribution is 0.306. The fourth-order valence-electron chi connectivity index (χ4n) is 1.70. The van der Waals surface area contributed by atoms with Gasteiger partial charge in [0.25, 0.3) is 0 Å². The quantitative estimate of drug-likeness (QED) is 0.863. The van der Waals surface area contributed by atoms with Crippen LogP contribution in [0.2, 0.25) is 10.0 Å². The molecule has 21 heavy (non-hydrogen) atoms. The van der Waals surface area contributed by atoms with E-state index in [0.717, 1.165) is 0 Å². The van der Waals surface area contributed by atoms with Crippen LogP contribution in [0, 0.1) is 17.7 Å². The highest BCUT2D eigenvalue weighted by Crippen LogP contribution is 2.28. The zero-order chi connectivity index (χ0) is 15.2. The van der Waals surface area contributed by atoms with Crippen LogP contribution in [-0.2, 0) is 6.61 Å². The summed E-state index contributed by atoms with van der Waals surface area (Å²) in [5, 5.41) is 9.59. The highest BCUT2D eigenvalue weighted by molar-refractivity contribution is 6.34. The predicted octanol–water partition coefficient (Wildman–Crippen LogP) is 4.06. The molecule has 0 aromatic heterocycles. The van der Waals surface area contributed by atoms with Crippen molar-refractivity contribution < 1.29 is 14.2 Å². The molecule has 0 heterocycles. The average Bonchev–Trinajstić information content (AvgIpc) is 2.45. The summed E-state index contributed by atoms with van der Waals surface area (Å²) in [5.74, 6) is 5.13. The van der Waals surface area contributed by atoms with Crippen molar-refractivity contribution in [3.05, 3.63) is 63.4 Å². The van der Waals surface area contributed by atoms with E-state index in [4.69, 9.17) is 33.0 Å². The third kappa shape index (κ3) is 4.64. The minimum Gasteiger partial charge on any atom is -0.487 e. The summed E-state index contributed by atoms with van der Waals surface area (Å²) in [5.41, 5.74) is 1.08. The van der Waals surface area contributed by atoms with Crippen LogP contribution in [-0.4, -0.2) is 11.7 Å². The van der Waals surface area contributed by atoms with Gasteiger partial charge in [0.05, 0.1) is 5.02 Å². The summed E-state index contributed by atoms with van der Waals surface area (Å²) >= 11 is 11.9. The molecule has 108 valence electrons. The van der Waals surface area contributed by atoms with Crippen molar-refractivity contribution >= 4 is 23.2 Å².